The van der Waals surface area contributed by atoms with Gasteiger partial charge in [0.2, 0.25) is 5.91 Å². The third-order valence-electron chi connectivity index (χ3n) is 6.89. The van der Waals surface area contributed by atoms with Crippen molar-refractivity contribution < 1.29 is 4.79 Å². The topological polar surface area (TPSA) is 98.2 Å². The summed E-state index contributed by atoms with van der Waals surface area (Å²) in [6.07, 6.45) is 2.97. The van der Waals surface area contributed by atoms with E-state index >= 15 is 0 Å². The molecule has 0 saturated carbocycles. The molecule has 0 unspecified atom stereocenters. The van der Waals surface area contributed by atoms with E-state index in [4.69, 9.17) is 22.3 Å². The van der Waals surface area contributed by atoms with Gasteiger partial charge in [-0.25, -0.2) is 0 Å². The van der Waals surface area contributed by atoms with Crippen molar-refractivity contribution in [3.63, 3.8) is 0 Å². The van der Waals surface area contributed by atoms with Gasteiger partial charge in [-0.15, -0.1) is 32.9 Å². The number of nitrogens with two attached hydrogens (primary N) is 1. The Morgan fingerprint density at radius 2 is 1.76 bits per heavy atom. The molecule has 0 aliphatic carbocycles. The molecule has 0 radical (unpaired) electrons. The average Bonchev–Trinajstić information content (AvgIpc) is 3.64. The molecule has 42 heavy (non-hydrogen) atoms. The number of fused-ring (bicyclic) bond motifs is 3. The molecule has 3 aromatic heterocycles. The molecule has 7 nitrogen and oxygen atoms in total. The molecule has 214 valence electrons. The van der Waals surface area contributed by atoms with Crippen LogP contribution in [-0.2, 0) is 4.79 Å². The molecule has 1 amide bonds. The van der Waals surface area contributed by atoms with Crippen LogP contribution in [0.4, 0.5) is 0 Å². The fourth-order valence-corrected chi connectivity index (χ4v) is 6.73. The average molecular weight is 615 g/mol. The molecule has 4 heterocycles. The minimum atomic E-state index is -0.521. The fourth-order valence-electron chi connectivity index (χ4n) is 4.63. The van der Waals surface area contributed by atoms with Gasteiger partial charge in [0.1, 0.15) is 16.9 Å². The quantitative estimate of drug-likeness (QED) is 0.200. The molecule has 10 heteroatoms. The number of thiophene rings is 2. The molecular weight excluding hydrogens is 584 g/mol. The van der Waals surface area contributed by atoms with E-state index in [1.165, 1.54) is 4.88 Å². The van der Waals surface area contributed by atoms with E-state index in [0.29, 0.717) is 17.4 Å². The van der Waals surface area contributed by atoms with Crippen LogP contribution < -0.4 is 11.1 Å². The summed E-state index contributed by atoms with van der Waals surface area (Å²) in [5.41, 5.74) is 9.47. The standard InChI is InChI=1S/C32H31ClN6OS2/c1-20-21(2)41-32-29(20)30(23-11-13-24(33)14-12-23)36-27(31-38-37-22(3)39(31)32)19-28(40)35-18-8-10-26-16-15-25(42-26)9-6-4-5-7-17-34/h11-16,27H,4-5,7,17-19,34H2,1-3H3,(H,35,40)/t27-/m0/s1. The molecule has 5 rings (SSSR count). The molecule has 1 atom stereocenters. The lowest BCUT2D eigenvalue weighted by molar-refractivity contribution is -0.121. The number of aliphatic imine (C=N–C) groups is 1. The van der Waals surface area contributed by atoms with Gasteiger partial charge in [-0.1, -0.05) is 47.4 Å². The molecule has 4 aromatic rings. The Morgan fingerprint density at radius 1 is 1.02 bits per heavy atom. The zero-order valence-electron chi connectivity index (χ0n) is 23.8. The van der Waals surface area contributed by atoms with E-state index in [0.717, 1.165) is 62.2 Å². The van der Waals surface area contributed by atoms with Crippen LogP contribution in [-0.4, -0.2) is 39.5 Å². The smallest absolute Gasteiger partial charge is 0.223 e. The van der Waals surface area contributed by atoms with Crippen molar-refractivity contribution in [3.8, 4) is 28.7 Å². The highest BCUT2D eigenvalue weighted by Gasteiger charge is 2.32. The first-order chi connectivity index (χ1) is 20.4. The largest absolute Gasteiger partial charge is 0.345 e. The summed E-state index contributed by atoms with van der Waals surface area (Å²) in [6.45, 7) is 7.07. The second-order valence-corrected chi connectivity index (χ2v) is 12.6. The van der Waals surface area contributed by atoms with Crippen molar-refractivity contribution in [2.75, 3.05) is 13.1 Å². The number of hydrogen-bond acceptors (Lipinski definition) is 7. The number of aromatic nitrogens is 3. The van der Waals surface area contributed by atoms with Gasteiger partial charge in [-0.3, -0.25) is 14.4 Å². The van der Waals surface area contributed by atoms with Crippen molar-refractivity contribution in [2.24, 2.45) is 10.7 Å². The lowest BCUT2D eigenvalue weighted by Crippen LogP contribution is -2.25. The Morgan fingerprint density at radius 3 is 2.50 bits per heavy atom. The molecule has 0 saturated heterocycles. The number of nitrogens with zero attached hydrogens (tertiary/aromatic N) is 4. The van der Waals surface area contributed by atoms with Gasteiger partial charge < -0.3 is 11.1 Å². The van der Waals surface area contributed by atoms with E-state index < -0.39 is 6.04 Å². The molecular formula is C32H31ClN6OS2. The summed E-state index contributed by atoms with van der Waals surface area (Å²) >= 11 is 9.43. The molecule has 1 aromatic carbocycles. The highest BCUT2D eigenvalue weighted by molar-refractivity contribution is 7.15. The minimum Gasteiger partial charge on any atom is -0.345 e. The van der Waals surface area contributed by atoms with Gasteiger partial charge in [0, 0.05) is 27.4 Å². The van der Waals surface area contributed by atoms with E-state index in [2.05, 4.69) is 53.0 Å². The third kappa shape index (κ3) is 6.67. The fraction of sp³-hybridized carbons (Fsp3) is 0.312. The van der Waals surface area contributed by atoms with Crippen molar-refractivity contribution in [1.82, 2.24) is 20.1 Å². The van der Waals surface area contributed by atoms with Crippen molar-refractivity contribution in [1.29, 1.82) is 0 Å². The number of rotatable bonds is 7. The monoisotopic (exact) mass is 614 g/mol. The van der Waals surface area contributed by atoms with Crippen LogP contribution in [0, 0.1) is 44.5 Å². The maximum absolute atomic E-state index is 13.1. The highest BCUT2D eigenvalue weighted by Crippen LogP contribution is 2.39. The third-order valence-corrected chi connectivity index (χ3v) is 9.26. The lowest BCUT2D eigenvalue weighted by Gasteiger charge is -2.12. The van der Waals surface area contributed by atoms with Gasteiger partial charge in [0.25, 0.3) is 0 Å². The van der Waals surface area contributed by atoms with Gasteiger partial charge in [0.05, 0.1) is 28.4 Å². The number of amides is 1. The van der Waals surface area contributed by atoms with Crippen molar-refractivity contribution >= 4 is 45.9 Å². The Hall–Kier alpha value is -3.73. The van der Waals surface area contributed by atoms with Crippen molar-refractivity contribution in [3.05, 3.63) is 84.4 Å². The number of carbonyl (C=O) groups excluding carboxylic acids is 1. The first-order valence-corrected chi connectivity index (χ1v) is 15.8. The molecule has 1 aliphatic rings. The normalized spacial score (nSPS) is 13.5. The molecule has 1 aliphatic heterocycles. The van der Waals surface area contributed by atoms with Gasteiger partial charge in [-0.05, 0) is 70.0 Å². The molecule has 3 N–H and O–H groups in total. The predicted molar refractivity (Wildman–Crippen MR) is 172 cm³/mol. The zero-order chi connectivity index (χ0) is 29.6. The summed E-state index contributed by atoms with van der Waals surface area (Å²) in [6, 6.07) is 11.1. The Balaban J connectivity index is 1.33. The van der Waals surface area contributed by atoms with Crippen LogP contribution in [0.15, 0.2) is 41.4 Å². The first kappa shape index (κ1) is 29.8. The van der Waals surface area contributed by atoms with E-state index in [-0.39, 0.29) is 18.9 Å². The van der Waals surface area contributed by atoms with E-state index in [1.807, 2.05) is 47.9 Å². The number of halogens is 1. The first-order valence-electron chi connectivity index (χ1n) is 13.8. The molecule has 0 fully saturated rings. The van der Waals surface area contributed by atoms with Crippen LogP contribution in [0.2, 0.25) is 5.02 Å². The van der Waals surface area contributed by atoms with Crippen LogP contribution >= 0.6 is 34.3 Å². The Kier molecular flexibility index (Phi) is 9.56. The summed E-state index contributed by atoms with van der Waals surface area (Å²) in [5, 5.41) is 13.4. The summed E-state index contributed by atoms with van der Waals surface area (Å²) in [5.74, 6) is 13.8. The Labute approximate surface area is 259 Å². The number of benzene rings is 1. The van der Waals surface area contributed by atoms with Crippen molar-refractivity contribution in [2.45, 2.75) is 52.5 Å². The van der Waals surface area contributed by atoms with Gasteiger partial charge in [0.15, 0.2) is 5.82 Å². The highest BCUT2D eigenvalue weighted by atomic mass is 35.5. The van der Waals surface area contributed by atoms with Crippen LogP contribution in [0.3, 0.4) is 0 Å². The molecule has 0 bridgehead atoms. The van der Waals surface area contributed by atoms with Crippen LogP contribution in [0.1, 0.15) is 74.7 Å². The summed E-state index contributed by atoms with van der Waals surface area (Å²) < 4.78 is 2.04. The number of unbranched alkanes of at least 4 members (excludes halogenated alkanes) is 2. The summed E-state index contributed by atoms with van der Waals surface area (Å²) in [7, 11) is 0. The minimum absolute atomic E-state index is 0.118. The maximum Gasteiger partial charge on any atom is 0.223 e. The SMILES string of the molecule is Cc1sc2c(c1C)C(c1ccc(Cl)cc1)=N[C@@H](CC(=O)NCC#Cc1ccc(C#CCCCCN)s1)c1nnc(C)n1-2. The van der Waals surface area contributed by atoms with E-state index in [9.17, 15) is 4.79 Å². The Bertz CT molecular complexity index is 1760. The maximum atomic E-state index is 13.1. The summed E-state index contributed by atoms with van der Waals surface area (Å²) in [4.78, 5) is 21.4. The van der Waals surface area contributed by atoms with Crippen LogP contribution in [0.25, 0.3) is 5.00 Å². The number of hydrogen-bond donors (Lipinski definition) is 2. The molecule has 0 spiro atoms. The lowest BCUT2D eigenvalue weighted by atomic mass is 9.99. The number of carbonyl (C=O) groups is 1. The van der Waals surface area contributed by atoms with Gasteiger partial charge in [-0.2, -0.15) is 0 Å². The number of aryl methyl sites for hydroxylation is 2. The zero-order valence-corrected chi connectivity index (χ0v) is 26.1. The van der Waals surface area contributed by atoms with Gasteiger partial charge >= 0.3 is 0 Å². The number of nitrogens with one attached hydrogen (secondary N) is 1. The second-order valence-electron chi connectivity index (χ2n) is 9.90. The predicted octanol–water partition coefficient (Wildman–Crippen LogP) is 5.90. The van der Waals surface area contributed by atoms with Crippen LogP contribution in [0.5, 0.6) is 0 Å². The van der Waals surface area contributed by atoms with E-state index in [1.54, 1.807) is 22.7 Å². The second kappa shape index (κ2) is 13.5.